The van der Waals surface area contributed by atoms with Gasteiger partial charge in [0.25, 0.3) is 0 Å². The number of halogens is 1. The summed E-state index contributed by atoms with van der Waals surface area (Å²) in [6, 6.07) is 7.60. The van der Waals surface area contributed by atoms with Crippen LogP contribution in [-0.4, -0.2) is 36.8 Å². The smallest absolute Gasteiger partial charge is 0.246 e. The summed E-state index contributed by atoms with van der Waals surface area (Å²) in [5.41, 5.74) is 0.202. The number of anilines is 1. The van der Waals surface area contributed by atoms with Crippen molar-refractivity contribution in [3.8, 4) is 10.7 Å². The Balaban J connectivity index is 1.75. The quantitative estimate of drug-likeness (QED) is 0.580. The second-order valence-electron chi connectivity index (χ2n) is 6.17. The summed E-state index contributed by atoms with van der Waals surface area (Å²) in [7, 11) is -3.80. The fourth-order valence-electron chi connectivity index (χ4n) is 2.76. The van der Waals surface area contributed by atoms with Crippen LogP contribution in [0.4, 0.5) is 10.1 Å². The normalized spacial score (nSPS) is 12.5. The molecule has 3 rings (SSSR count). The first-order chi connectivity index (χ1) is 13.8. The molecule has 1 N–H and O–H groups in total. The maximum absolute atomic E-state index is 13.2. The first-order valence-electron chi connectivity index (χ1n) is 8.68. The number of nitrogens with one attached hydrogen (secondary N) is 1. The van der Waals surface area contributed by atoms with Crippen molar-refractivity contribution in [2.45, 2.75) is 25.9 Å². The third kappa shape index (κ3) is 4.98. The Morgan fingerprint density at radius 1 is 1.31 bits per heavy atom. The number of sulfonamides is 1. The second-order valence-corrected chi connectivity index (χ2v) is 8.97. The Morgan fingerprint density at radius 3 is 2.62 bits per heavy atom. The van der Waals surface area contributed by atoms with Gasteiger partial charge in [0, 0.05) is 0 Å². The molecule has 1 amide bonds. The van der Waals surface area contributed by atoms with E-state index in [4.69, 9.17) is 4.52 Å². The topological polar surface area (TPSA) is 105 Å². The molecule has 0 aliphatic rings. The summed E-state index contributed by atoms with van der Waals surface area (Å²) < 4.78 is 44.0. The first kappa shape index (κ1) is 20.9. The zero-order chi connectivity index (χ0) is 21.0. The van der Waals surface area contributed by atoms with Gasteiger partial charge >= 0.3 is 0 Å². The van der Waals surface area contributed by atoms with Crippen LogP contribution in [0.5, 0.6) is 0 Å². The lowest BCUT2D eigenvalue weighted by molar-refractivity contribution is -0.122. The molecule has 8 nitrogen and oxygen atoms in total. The summed E-state index contributed by atoms with van der Waals surface area (Å²) in [4.78, 5) is 17.8. The Bertz CT molecular complexity index is 1070. The van der Waals surface area contributed by atoms with E-state index < -0.39 is 27.8 Å². The van der Waals surface area contributed by atoms with E-state index in [1.807, 2.05) is 17.5 Å². The molecule has 0 saturated carbocycles. The molecule has 0 aliphatic heterocycles. The molecule has 2 heterocycles. The zero-order valence-electron chi connectivity index (χ0n) is 15.7. The van der Waals surface area contributed by atoms with Crippen molar-refractivity contribution in [3.63, 3.8) is 0 Å². The molecule has 3 aromatic rings. The van der Waals surface area contributed by atoms with Crippen LogP contribution in [0, 0.1) is 5.82 Å². The van der Waals surface area contributed by atoms with Crippen LogP contribution in [0.25, 0.3) is 10.7 Å². The van der Waals surface area contributed by atoms with E-state index in [0.717, 1.165) is 27.6 Å². The number of hydrogen-bond donors (Lipinski definition) is 1. The fraction of sp³-hybridized carbons (Fsp3) is 0.278. The molecule has 2 aromatic heterocycles. The van der Waals surface area contributed by atoms with Gasteiger partial charge < -0.3 is 9.84 Å². The number of rotatable bonds is 8. The van der Waals surface area contributed by atoms with Gasteiger partial charge in [0.2, 0.25) is 27.6 Å². The van der Waals surface area contributed by atoms with E-state index in [2.05, 4.69) is 15.5 Å². The predicted octanol–water partition coefficient (Wildman–Crippen LogP) is 2.80. The van der Waals surface area contributed by atoms with Gasteiger partial charge in [0.1, 0.15) is 11.9 Å². The third-order valence-electron chi connectivity index (χ3n) is 4.03. The minimum Gasteiger partial charge on any atom is -0.345 e. The van der Waals surface area contributed by atoms with Crippen molar-refractivity contribution in [2.24, 2.45) is 0 Å². The number of thiophene rings is 1. The molecule has 1 aromatic carbocycles. The maximum Gasteiger partial charge on any atom is 0.246 e. The van der Waals surface area contributed by atoms with E-state index in [9.17, 15) is 17.6 Å². The van der Waals surface area contributed by atoms with Crippen LogP contribution in [0.1, 0.15) is 19.2 Å². The molecular weight excluding hydrogens is 419 g/mol. The lowest BCUT2D eigenvalue weighted by Crippen LogP contribution is -2.49. The third-order valence-corrected chi connectivity index (χ3v) is 6.08. The van der Waals surface area contributed by atoms with Gasteiger partial charge in [-0.25, -0.2) is 12.8 Å². The number of amides is 1. The van der Waals surface area contributed by atoms with Crippen LogP contribution < -0.4 is 9.62 Å². The minimum absolute atomic E-state index is 0.0469. The van der Waals surface area contributed by atoms with Gasteiger partial charge in [-0.15, -0.1) is 11.3 Å². The Kier molecular flexibility index (Phi) is 6.28. The van der Waals surface area contributed by atoms with Crippen LogP contribution in [-0.2, 0) is 21.4 Å². The van der Waals surface area contributed by atoms with Gasteiger partial charge in [0.05, 0.1) is 23.4 Å². The van der Waals surface area contributed by atoms with E-state index in [0.29, 0.717) is 5.82 Å². The van der Waals surface area contributed by atoms with Crippen molar-refractivity contribution in [2.75, 3.05) is 10.6 Å². The molecule has 0 saturated heterocycles. The number of aromatic nitrogens is 2. The van der Waals surface area contributed by atoms with Gasteiger partial charge in [0.15, 0.2) is 0 Å². The Hall–Kier alpha value is -2.79. The standard InChI is InChI=1S/C18H19FN4O4S2/c1-3-14(23(29(2,25)26)13-8-6-12(19)7-9-13)18(24)20-11-16-21-17(22-27-16)15-5-4-10-28-15/h4-10,14H,3,11H2,1-2H3,(H,20,24)/t14-/m1/s1. The van der Waals surface area contributed by atoms with Crippen LogP contribution in [0.15, 0.2) is 46.3 Å². The average Bonchev–Trinajstić information content (AvgIpc) is 3.35. The average molecular weight is 439 g/mol. The van der Waals surface area contributed by atoms with Crippen molar-refractivity contribution in [1.82, 2.24) is 15.5 Å². The molecule has 0 aliphatic carbocycles. The Morgan fingerprint density at radius 2 is 2.03 bits per heavy atom. The fourth-order valence-corrected chi connectivity index (χ4v) is 4.62. The molecule has 0 fully saturated rings. The molecular formula is C18H19FN4O4S2. The van der Waals surface area contributed by atoms with E-state index in [1.54, 1.807) is 6.92 Å². The lowest BCUT2D eigenvalue weighted by atomic mass is 10.2. The van der Waals surface area contributed by atoms with Crippen molar-refractivity contribution >= 4 is 33.0 Å². The summed E-state index contributed by atoms with van der Waals surface area (Å²) in [6.07, 6.45) is 1.21. The number of benzene rings is 1. The SMILES string of the molecule is CC[C@H](C(=O)NCc1nc(-c2cccs2)no1)N(c1ccc(F)cc1)S(C)(=O)=O. The highest BCUT2D eigenvalue weighted by atomic mass is 32.2. The zero-order valence-corrected chi connectivity index (χ0v) is 17.3. The molecule has 0 radical (unpaired) electrons. The molecule has 11 heteroatoms. The predicted molar refractivity (Wildman–Crippen MR) is 107 cm³/mol. The highest BCUT2D eigenvalue weighted by Gasteiger charge is 2.31. The molecule has 29 heavy (non-hydrogen) atoms. The van der Waals surface area contributed by atoms with E-state index in [1.165, 1.54) is 23.5 Å². The molecule has 154 valence electrons. The largest absolute Gasteiger partial charge is 0.345 e. The summed E-state index contributed by atoms with van der Waals surface area (Å²) in [5, 5.41) is 8.38. The van der Waals surface area contributed by atoms with Gasteiger partial charge in [-0.3, -0.25) is 9.10 Å². The van der Waals surface area contributed by atoms with E-state index >= 15 is 0 Å². The van der Waals surface area contributed by atoms with Crippen molar-refractivity contribution in [3.05, 3.63) is 53.5 Å². The van der Waals surface area contributed by atoms with Gasteiger partial charge in [-0.1, -0.05) is 18.1 Å². The maximum atomic E-state index is 13.2. The molecule has 0 spiro atoms. The summed E-state index contributed by atoms with van der Waals surface area (Å²) >= 11 is 1.46. The summed E-state index contributed by atoms with van der Waals surface area (Å²) in [6.45, 7) is 1.64. The van der Waals surface area contributed by atoms with Crippen molar-refractivity contribution < 1.29 is 22.1 Å². The van der Waals surface area contributed by atoms with Gasteiger partial charge in [-0.05, 0) is 42.1 Å². The molecule has 0 unspecified atom stereocenters. The minimum atomic E-state index is -3.80. The first-order valence-corrected chi connectivity index (χ1v) is 11.4. The van der Waals surface area contributed by atoms with Gasteiger partial charge in [-0.2, -0.15) is 4.98 Å². The Labute approximate surface area is 171 Å². The van der Waals surface area contributed by atoms with Crippen LogP contribution in [0.3, 0.4) is 0 Å². The number of nitrogens with zero attached hydrogens (tertiary/aromatic N) is 3. The van der Waals surface area contributed by atoms with E-state index in [-0.39, 0.29) is 24.5 Å². The van der Waals surface area contributed by atoms with Crippen LogP contribution in [0.2, 0.25) is 0 Å². The molecule has 1 atom stereocenters. The highest BCUT2D eigenvalue weighted by Crippen LogP contribution is 2.23. The highest BCUT2D eigenvalue weighted by molar-refractivity contribution is 7.92. The number of hydrogen-bond acceptors (Lipinski definition) is 7. The number of carbonyl (C=O) groups excluding carboxylic acids is 1. The van der Waals surface area contributed by atoms with Crippen molar-refractivity contribution in [1.29, 1.82) is 0 Å². The molecule has 0 bridgehead atoms. The number of carbonyl (C=O) groups is 1. The summed E-state index contributed by atoms with van der Waals surface area (Å²) in [5.74, 6) is -0.416. The second kappa shape index (κ2) is 8.70. The monoisotopic (exact) mass is 438 g/mol. The van der Waals surface area contributed by atoms with Crippen LogP contribution >= 0.6 is 11.3 Å². The lowest BCUT2D eigenvalue weighted by Gasteiger charge is -2.29.